The molecule has 0 saturated carbocycles. The third-order valence-electron chi connectivity index (χ3n) is 1.64. The van der Waals surface area contributed by atoms with Crippen molar-refractivity contribution in [2.75, 3.05) is 0 Å². The molecule has 0 radical (unpaired) electrons. The Morgan fingerprint density at radius 1 is 1.31 bits per heavy atom. The van der Waals surface area contributed by atoms with Crippen LogP contribution in [0.1, 0.15) is 12.5 Å². The summed E-state index contributed by atoms with van der Waals surface area (Å²) in [5.74, 6) is 5.52. The minimum atomic E-state index is -0.750. The molecule has 1 rings (SSSR count). The monoisotopic (exact) mass is 175 g/mol. The average Bonchev–Trinajstić information content (AvgIpc) is 2.15. The molecule has 0 saturated heterocycles. The molecule has 0 spiro atoms. The average molecular weight is 175 g/mol. The molecular formula is C11H13NO. The summed E-state index contributed by atoms with van der Waals surface area (Å²) in [6, 6.07) is 9.20. The number of hydrogen-bond donors (Lipinski definition) is 2. The molecule has 2 heteroatoms. The number of aliphatic hydroxyl groups excluding tert-OH is 1. The van der Waals surface area contributed by atoms with Crippen LogP contribution >= 0.6 is 0 Å². The topological polar surface area (TPSA) is 46.2 Å². The van der Waals surface area contributed by atoms with Gasteiger partial charge >= 0.3 is 0 Å². The first-order valence-corrected chi connectivity index (χ1v) is 4.20. The highest BCUT2D eigenvalue weighted by Gasteiger charge is 2.03. The van der Waals surface area contributed by atoms with Crippen molar-refractivity contribution in [3.05, 3.63) is 35.9 Å². The number of hydrogen-bond acceptors (Lipinski definition) is 2. The van der Waals surface area contributed by atoms with E-state index >= 15 is 0 Å². The zero-order valence-electron chi connectivity index (χ0n) is 7.57. The summed E-state index contributed by atoms with van der Waals surface area (Å²) in [6.45, 7) is 1.73. The van der Waals surface area contributed by atoms with Crippen LogP contribution in [0.15, 0.2) is 30.3 Å². The molecule has 0 bridgehead atoms. The molecule has 0 aliphatic heterocycles. The lowest BCUT2D eigenvalue weighted by molar-refractivity contribution is 0.207. The molecule has 2 nitrogen and oxygen atoms in total. The van der Waals surface area contributed by atoms with E-state index in [0.29, 0.717) is 0 Å². The van der Waals surface area contributed by atoms with Crippen molar-refractivity contribution in [3.8, 4) is 11.8 Å². The SMILES string of the molecule is CC(N)C(O)C#Cc1ccccc1. The van der Waals surface area contributed by atoms with Gasteiger partial charge in [0.2, 0.25) is 0 Å². The normalized spacial score (nSPS) is 14.1. The molecule has 3 N–H and O–H groups in total. The second kappa shape index (κ2) is 4.66. The maximum Gasteiger partial charge on any atom is 0.129 e. The molecule has 1 aromatic carbocycles. The predicted octanol–water partition coefficient (Wildman–Crippen LogP) is 0.746. The summed E-state index contributed by atoms with van der Waals surface area (Å²) in [7, 11) is 0. The minimum Gasteiger partial charge on any atom is -0.379 e. The van der Waals surface area contributed by atoms with Gasteiger partial charge in [-0.3, -0.25) is 0 Å². The summed E-state index contributed by atoms with van der Waals surface area (Å²) < 4.78 is 0. The van der Waals surface area contributed by atoms with E-state index in [4.69, 9.17) is 5.73 Å². The maximum absolute atomic E-state index is 9.29. The minimum absolute atomic E-state index is 0.309. The second-order valence-electron chi connectivity index (χ2n) is 2.94. The van der Waals surface area contributed by atoms with Crippen molar-refractivity contribution < 1.29 is 5.11 Å². The van der Waals surface area contributed by atoms with E-state index in [0.717, 1.165) is 5.56 Å². The van der Waals surface area contributed by atoms with Gasteiger partial charge in [-0.1, -0.05) is 30.0 Å². The van der Waals surface area contributed by atoms with Gasteiger partial charge in [-0.15, -0.1) is 0 Å². The molecule has 0 aliphatic rings. The highest BCUT2D eigenvalue weighted by atomic mass is 16.3. The van der Waals surface area contributed by atoms with Crippen molar-refractivity contribution in [1.82, 2.24) is 0 Å². The number of aliphatic hydroxyl groups is 1. The summed E-state index contributed by atoms with van der Waals surface area (Å²) >= 11 is 0. The van der Waals surface area contributed by atoms with Gasteiger partial charge < -0.3 is 10.8 Å². The van der Waals surface area contributed by atoms with E-state index in [1.54, 1.807) is 6.92 Å². The van der Waals surface area contributed by atoms with Gasteiger partial charge in [-0.2, -0.15) is 0 Å². The lowest BCUT2D eigenvalue weighted by Crippen LogP contribution is -2.29. The Hall–Kier alpha value is -1.30. The summed E-state index contributed by atoms with van der Waals surface area (Å²) in [5.41, 5.74) is 6.34. The Bertz CT molecular complexity index is 308. The predicted molar refractivity (Wildman–Crippen MR) is 53.0 cm³/mol. The van der Waals surface area contributed by atoms with Gasteiger partial charge in [-0.05, 0) is 19.1 Å². The van der Waals surface area contributed by atoms with Gasteiger partial charge in [0.1, 0.15) is 6.10 Å². The largest absolute Gasteiger partial charge is 0.379 e. The van der Waals surface area contributed by atoms with E-state index in [9.17, 15) is 5.11 Å². The molecule has 2 atom stereocenters. The van der Waals surface area contributed by atoms with E-state index < -0.39 is 6.10 Å². The quantitative estimate of drug-likeness (QED) is 0.618. The standard InChI is InChI=1S/C11H13NO/c1-9(12)11(13)8-7-10-5-3-2-4-6-10/h2-6,9,11,13H,12H2,1H3. The Kier molecular flexibility index (Phi) is 3.51. The highest BCUT2D eigenvalue weighted by Crippen LogP contribution is 1.95. The lowest BCUT2D eigenvalue weighted by atomic mass is 10.2. The highest BCUT2D eigenvalue weighted by molar-refractivity contribution is 5.34. The van der Waals surface area contributed by atoms with E-state index in [-0.39, 0.29) is 6.04 Å². The van der Waals surface area contributed by atoms with Crippen molar-refractivity contribution in [2.45, 2.75) is 19.1 Å². The fourth-order valence-corrected chi connectivity index (χ4v) is 0.810. The molecule has 68 valence electrons. The van der Waals surface area contributed by atoms with Gasteiger partial charge in [0, 0.05) is 11.6 Å². The summed E-state index contributed by atoms with van der Waals surface area (Å²) in [4.78, 5) is 0. The zero-order chi connectivity index (χ0) is 9.68. The van der Waals surface area contributed by atoms with Crippen LogP contribution in [-0.4, -0.2) is 17.3 Å². The molecule has 2 unspecified atom stereocenters. The van der Waals surface area contributed by atoms with E-state index in [1.165, 1.54) is 0 Å². The van der Waals surface area contributed by atoms with Crippen LogP contribution in [0, 0.1) is 11.8 Å². The van der Waals surface area contributed by atoms with Crippen molar-refractivity contribution in [3.63, 3.8) is 0 Å². The van der Waals surface area contributed by atoms with Crippen LogP contribution in [0.25, 0.3) is 0 Å². The molecule has 13 heavy (non-hydrogen) atoms. The molecule has 0 amide bonds. The molecule has 0 aromatic heterocycles. The first-order chi connectivity index (χ1) is 6.20. The molecular weight excluding hydrogens is 162 g/mol. The first kappa shape index (κ1) is 9.79. The van der Waals surface area contributed by atoms with Crippen LogP contribution in [0.3, 0.4) is 0 Å². The molecule has 1 aromatic rings. The Morgan fingerprint density at radius 3 is 2.46 bits per heavy atom. The third-order valence-corrected chi connectivity index (χ3v) is 1.64. The summed E-state index contributed by atoms with van der Waals surface area (Å²) in [6.07, 6.45) is -0.750. The second-order valence-corrected chi connectivity index (χ2v) is 2.94. The maximum atomic E-state index is 9.29. The number of rotatable bonds is 1. The third kappa shape index (κ3) is 3.29. The van der Waals surface area contributed by atoms with Crippen molar-refractivity contribution >= 4 is 0 Å². The van der Waals surface area contributed by atoms with Gasteiger partial charge in [0.05, 0.1) is 0 Å². The van der Waals surface area contributed by atoms with E-state index in [1.807, 2.05) is 30.3 Å². The number of nitrogens with two attached hydrogens (primary N) is 1. The van der Waals surface area contributed by atoms with Crippen LogP contribution in [-0.2, 0) is 0 Å². The van der Waals surface area contributed by atoms with Gasteiger partial charge in [0.15, 0.2) is 0 Å². The smallest absolute Gasteiger partial charge is 0.129 e. The van der Waals surface area contributed by atoms with Crippen molar-refractivity contribution in [2.24, 2.45) is 5.73 Å². The van der Waals surface area contributed by atoms with Gasteiger partial charge in [0.25, 0.3) is 0 Å². The van der Waals surface area contributed by atoms with Crippen molar-refractivity contribution in [1.29, 1.82) is 0 Å². The Balaban J connectivity index is 2.68. The van der Waals surface area contributed by atoms with Crippen LogP contribution in [0.5, 0.6) is 0 Å². The Labute approximate surface area is 78.4 Å². The van der Waals surface area contributed by atoms with Gasteiger partial charge in [-0.25, -0.2) is 0 Å². The molecule has 0 heterocycles. The van der Waals surface area contributed by atoms with E-state index in [2.05, 4.69) is 11.8 Å². The number of benzene rings is 1. The molecule has 0 aliphatic carbocycles. The fraction of sp³-hybridized carbons (Fsp3) is 0.273. The fourth-order valence-electron chi connectivity index (χ4n) is 0.810. The zero-order valence-corrected chi connectivity index (χ0v) is 7.57. The first-order valence-electron chi connectivity index (χ1n) is 4.20. The lowest BCUT2D eigenvalue weighted by Gasteiger charge is -2.05. The van der Waals surface area contributed by atoms with Crippen LogP contribution in [0.2, 0.25) is 0 Å². The summed E-state index contributed by atoms with van der Waals surface area (Å²) in [5, 5.41) is 9.29. The van der Waals surface area contributed by atoms with Crippen LogP contribution in [0.4, 0.5) is 0 Å². The molecule has 0 fully saturated rings. The Morgan fingerprint density at radius 2 is 1.92 bits per heavy atom. The van der Waals surface area contributed by atoms with Crippen LogP contribution < -0.4 is 5.73 Å².